The minimum Gasteiger partial charge on any atom is -0.463 e. The molecule has 1 heterocycles. The fourth-order valence-corrected chi connectivity index (χ4v) is 1.53. The molecule has 0 aromatic heterocycles. The highest BCUT2D eigenvalue weighted by Crippen LogP contribution is 2.14. The fourth-order valence-electron chi connectivity index (χ4n) is 1.53. The predicted octanol–water partition coefficient (Wildman–Crippen LogP) is 1.34. The molecule has 1 rings (SSSR count). The molecule has 16 heavy (non-hydrogen) atoms. The summed E-state index contributed by atoms with van der Waals surface area (Å²) in [5.74, 6) is -0.169. The topological polar surface area (TPSA) is 47.6 Å². The van der Waals surface area contributed by atoms with Gasteiger partial charge < -0.3 is 14.8 Å². The van der Waals surface area contributed by atoms with Crippen molar-refractivity contribution in [2.24, 2.45) is 5.41 Å². The molecule has 0 bridgehead atoms. The molecule has 1 fully saturated rings. The van der Waals surface area contributed by atoms with Crippen LogP contribution in [0.5, 0.6) is 0 Å². The quantitative estimate of drug-likeness (QED) is 0.584. The Morgan fingerprint density at radius 2 is 2.12 bits per heavy atom. The van der Waals surface area contributed by atoms with E-state index in [-0.39, 0.29) is 12.1 Å². The normalized spacial score (nSPS) is 21.8. The Morgan fingerprint density at radius 3 is 2.69 bits per heavy atom. The van der Waals surface area contributed by atoms with Crippen LogP contribution >= 0.6 is 0 Å². The van der Waals surface area contributed by atoms with Gasteiger partial charge in [0, 0.05) is 6.54 Å². The summed E-state index contributed by atoms with van der Waals surface area (Å²) in [6.45, 7) is 8.39. The van der Waals surface area contributed by atoms with Crippen molar-refractivity contribution >= 4 is 5.97 Å². The van der Waals surface area contributed by atoms with E-state index in [9.17, 15) is 4.79 Å². The first-order valence-corrected chi connectivity index (χ1v) is 5.99. The van der Waals surface area contributed by atoms with Crippen molar-refractivity contribution in [1.82, 2.24) is 5.32 Å². The van der Waals surface area contributed by atoms with E-state index in [1.165, 1.54) is 0 Å². The van der Waals surface area contributed by atoms with Gasteiger partial charge in [0.15, 0.2) is 0 Å². The summed E-state index contributed by atoms with van der Waals surface area (Å²) in [5.41, 5.74) is -0.424. The number of hydrogen-bond acceptors (Lipinski definition) is 4. The molecule has 0 saturated carbocycles. The van der Waals surface area contributed by atoms with Gasteiger partial charge in [-0.3, -0.25) is 4.79 Å². The largest absolute Gasteiger partial charge is 0.463 e. The lowest BCUT2D eigenvalue weighted by molar-refractivity contribution is -0.155. The van der Waals surface area contributed by atoms with Crippen molar-refractivity contribution < 1.29 is 14.3 Å². The third kappa shape index (κ3) is 4.94. The number of piperidine rings is 1. The van der Waals surface area contributed by atoms with Gasteiger partial charge in [0.1, 0.15) is 6.61 Å². The van der Waals surface area contributed by atoms with E-state index in [0.29, 0.717) is 13.2 Å². The van der Waals surface area contributed by atoms with Crippen molar-refractivity contribution in [3.05, 3.63) is 0 Å². The van der Waals surface area contributed by atoms with Gasteiger partial charge in [0.25, 0.3) is 0 Å². The van der Waals surface area contributed by atoms with Gasteiger partial charge in [0.2, 0.25) is 0 Å². The van der Waals surface area contributed by atoms with Crippen molar-refractivity contribution in [2.45, 2.75) is 39.7 Å². The van der Waals surface area contributed by atoms with E-state index in [1.807, 2.05) is 20.8 Å². The number of hydrogen-bond donors (Lipinski definition) is 1. The molecule has 1 atom stereocenters. The lowest BCUT2D eigenvalue weighted by atomic mass is 9.97. The van der Waals surface area contributed by atoms with Crippen molar-refractivity contribution in [1.29, 1.82) is 0 Å². The van der Waals surface area contributed by atoms with Gasteiger partial charge in [0.05, 0.1) is 18.1 Å². The third-order valence-corrected chi connectivity index (χ3v) is 2.53. The zero-order chi connectivity index (χ0) is 12.0. The van der Waals surface area contributed by atoms with Gasteiger partial charge in [-0.15, -0.1) is 0 Å². The van der Waals surface area contributed by atoms with E-state index in [2.05, 4.69) is 5.32 Å². The van der Waals surface area contributed by atoms with E-state index >= 15 is 0 Å². The summed E-state index contributed by atoms with van der Waals surface area (Å²) in [6, 6.07) is 0. The number of carbonyl (C=O) groups excluding carboxylic acids is 1. The van der Waals surface area contributed by atoms with Gasteiger partial charge in [-0.1, -0.05) is 0 Å². The van der Waals surface area contributed by atoms with E-state index in [0.717, 1.165) is 25.9 Å². The zero-order valence-electron chi connectivity index (χ0n) is 10.5. The number of nitrogens with one attached hydrogen (secondary N) is 1. The van der Waals surface area contributed by atoms with Crippen LogP contribution in [-0.2, 0) is 14.3 Å². The minimum absolute atomic E-state index is 0.169. The fraction of sp³-hybridized carbons (Fsp3) is 0.917. The smallest absolute Gasteiger partial charge is 0.311 e. The number of ether oxygens (including phenoxy) is 2. The third-order valence-electron chi connectivity index (χ3n) is 2.53. The average Bonchev–Trinajstić information content (AvgIpc) is 2.24. The van der Waals surface area contributed by atoms with Gasteiger partial charge in [-0.05, 0) is 40.2 Å². The Labute approximate surface area is 97.7 Å². The maximum atomic E-state index is 11.4. The Hall–Kier alpha value is -0.610. The standard InChI is InChI=1S/C12H23NO3/c1-12(2,3)11(14)16-8-7-15-10-5-4-6-13-9-10/h10,13H,4-9H2,1-3H3. The van der Waals surface area contributed by atoms with Crippen LogP contribution in [0.3, 0.4) is 0 Å². The molecule has 4 nitrogen and oxygen atoms in total. The Bertz CT molecular complexity index is 217. The molecule has 0 aromatic carbocycles. The molecule has 1 aliphatic rings. The lowest BCUT2D eigenvalue weighted by Crippen LogP contribution is -2.36. The zero-order valence-corrected chi connectivity index (χ0v) is 10.5. The van der Waals surface area contributed by atoms with Crippen molar-refractivity contribution in [2.75, 3.05) is 26.3 Å². The van der Waals surface area contributed by atoms with E-state index in [4.69, 9.17) is 9.47 Å². The van der Waals surface area contributed by atoms with E-state index < -0.39 is 5.41 Å². The van der Waals surface area contributed by atoms with Gasteiger partial charge in [-0.25, -0.2) is 0 Å². The molecule has 1 N–H and O–H groups in total. The Morgan fingerprint density at radius 1 is 1.38 bits per heavy atom. The molecule has 0 aliphatic carbocycles. The average molecular weight is 229 g/mol. The second-order valence-electron chi connectivity index (χ2n) is 5.23. The van der Waals surface area contributed by atoms with Crippen LogP contribution in [-0.4, -0.2) is 38.4 Å². The molecule has 0 amide bonds. The minimum atomic E-state index is -0.424. The Balaban J connectivity index is 2.05. The van der Waals surface area contributed by atoms with Gasteiger partial charge >= 0.3 is 5.97 Å². The van der Waals surface area contributed by atoms with Crippen molar-refractivity contribution in [3.63, 3.8) is 0 Å². The monoisotopic (exact) mass is 229 g/mol. The van der Waals surface area contributed by atoms with Crippen LogP contribution in [0.25, 0.3) is 0 Å². The van der Waals surface area contributed by atoms with E-state index in [1.54, 1.807) is 0 Å². The molecule has 0 radical (unpaired) electrons. The molecular weight excluding hydrogens is 206 g/mol. The molecule has 94 valence electrons. The maximum Gasteiger partial charge on any atom is 0.311 e. The molecule has 1 saturated heterocycles. The second-order valence-corrected chi connectivity index (χ2v) is 5.23. The van der Waals surface area contributed by atoms with Crippen LogP contribution in [0, 0.1) is 5.41 Å². The molecule has 1 aliphatic heterocycles. The first-order valence-electron chi connectivity index (χ1n) is 5.99. The summed E-state index contributed by atoms with van der Waals surface area (Å²) in [6.07, 6.45) is 2.54. The SMILES string of the molecule is CC(C)(C)C(=O)OCCOC1CCCNC1. The number of rotatable bonds is 4. The summed E-state index contributed by atoms with van der Waals surface area (Å²) < 4.78 is 10.7. The molecule has 0 aromatic rings. The Kier molecular flexibility index (Phi) is 5.22. The lowest BCUT2D eigenvalue weighted by Gasteiger charge is -2.23. The van der Waals surface area contributed by atoms with Crippen LogP contribution in [0.1, 0.15) is 33.6 Å². The summed E-state index contributed by atoms with van der Waals surface area (Å²) in [7, 11) is 0. The maximum absolute atomic E-state index is 11.4. The summed E-state index contributed by atoms with van der Waals surface area (Å²) >= 11 is 0. The molecule has 4 heteroatoms. The highest BCUT2D eigenvalue weighted by atomic mass is 16.6. The molecule has 0 spiro atoms. The van der Waals surface area contributed by atoms with Crippen molar-refractivity contribution in [3.8, 4) is 0 Å². The van der Waals surface area contributed by atoms with Crippen LogP contribution in [0.15, 0.2) is 0 Å². The first kappa shape index (κ1) is 13.5. The molecular formula is C12H23NO3. The number of esters is 1. The predicted molar refractivity (Wildman–Crippen MR) is 62.3 cm³/mol. The highest BCUT2D eigenvalue weighted by molar-refractivity contribution is 5.75. The van der Waals surface area contributed by atoms with Crippen LogP contribution in [0.4, 0.5) is 0 Å². The van der Waals surface area contributed by atoms with Crippen LogP contribution < -0.4 is 5.32 Å². The van der Waals surface area contributed by atoms with Crippen LogP contribution in [0.2, 0.25) is 0 Å². The molecule has 1 unspecified atom stereocenters. The highest BCUT2D eigenvalue weighted by Gasteiger charge is 2.22. The summed E-state index contributed by atoms with van der Waals surface area (Å²) in [5, 5.41) is 3.28. The summed E-state index contributed by atoms with van der Waals surface area (Å²) in [4.78, 5) is 11.4. The van der Waals surface area contributed by atoms with Gasteiger partial charge in [-0.2, -0.15) is 0 Å². The first-order chi connectivity index (χ1) is 7.50. The second kappa shape index (κ2) is 6.21. The number of carbonyl (C=O) groups is 1.